The first-order chi connectivity index (χ1) is 5.67. The van der Waals surface area contributed by atoms with E-state index in [4.69, 9.17) is 0 Å². The summed E-state index contributed by atoms with van der Waals surface area (Å²) < 4.78 is 4.60. The number of carbonyl (C=O) groups excluding carboxylic acids is 2. The Morgan fingerprint density at radius 3 is 2.00 bits per heavy atom. The quantitative estimate of drug-likeness (QED) is 0.467. The van der Waals surface area contributed by atoms with E-state index in [0.29, 0.717) is 12.8 Å². The van der Waals surface area contributed by atoms with Crippen molar-refractivity contribution in [2.45, 2.75) is 33.6 Å². The standard InChI is InChI=1S/C9H16O3/c1-4-7(5-2)8(10)9(11)12-6-3/h7H,4-6H2,1-3H3. The lowest BCUT2D eigenvalue weighted by molar-refractivity contribution is -0.155. The second kappa shape index (κ2) is 5.75. The Morgan fingerprint density at radius 2 is 1.67 bits per heavy atom. The highest BCUT2D eigenvalue weighted by Gasteiger charge is 2.22. The maximum atomic E-state index is 11.2. The summed E-state index contributed by atoms with van der Waals surface area (Å²) in [6.45, 7) is 5.75. The lowest BCUT2D eigenvalue weighted by atomic mass is 9.98. The number of ether oxygens (including phenoxy) is 1. The molecule has 0 N–H and O–H groups in total. The molecule has 3 nitrogen and oxygen atoms in total. The molecular formula is C9H16O3. The molecule has 0 saturated carbocycles. The van der Waals surface area contributed by atoms with E-state index in [2.05, 4.69) is 4.74 Å². The molecule has 0 bridgehead atoms. The van der Waals surface area contributed by atoms with E-state index >= 15 is 0 Å². The van der Waals surface area contributed by atoms with Crippen molar-refractivity contribution < 1.29 is 14.3 Å². The van der Waals surface area contributed by atoms with Crippen LogP contribution in [0.3, 0.4) is 0 Å². The van der Waals surface area contributed by atoms with Crippen molar-refractivity contribution in [3.8, 4) is 0 Å². The minimum atomic E-state index is -0.689. The lowest BCUT2D eigenvalue weighted by Gasteiger charge is -2.08. The maximum absolute atomic E-state index is 11.2. The first-order valence-electron chi connectivity index (χ1n) is 4.38. The molecule has 0 aromatic carbocycles. The summed E-state index contributed by atoms with van der Waals surface area (Å²) in [5.41, 5.74) is 0. The molecular weight excluding hydrogens is 156 g/mol. The zero-order valence-corrected chi connectivity index (χ0v) is 7.92. The van der Waals surface area contributed by atoms with Crippen LogP contribution in [0.25, 0.3) is 0 Å². The van der Waals surface area contributed by atoms with Gasteiger partial charge in [0.1, 0.15) is 0 Å². The Hall–Kier alpha value is -0.860. The molecule has 0 unspecified atom stereocenters. The van der Waals surface area contributed by atoms with Crippen molar-refractivity contribution >= 4 is 11.8 Å². The minimum Gasteiger partial charge on any atom is -0.460 e. The van der Waals surface area contributed by atoms with Gasteiger partial charge in [-0.25, -0.2) is 4.79 Å². The van der Waals surface area contributed by atoms with Crippen LogP contribution in [0.4, 0.5) is 0 Å². The van der Waals surface area contributed by atoms with Crippen molar-refractivity contribution in [2.75, 3.05) is 6.61 Å². The van der Waals surface area contributed by atoms with Gasteiger partial charge >= 0.3 is 5.97 Å². The summed E-state index contributed by atoms with van der Waals surface area (Å²) >= 11 is 0. The highest BCUT2D eigenvalue weighted by molar-refractivity contribution is 6.34. The average molecular weight is 172 g/mol. The van der Waals surface area contributed by atoms with Crippen molar-refractivity contribution in [3.05, 3.63) is 0 Å². The van der Waals surface area contributed by atoms with Gasteiger partial charge in [0.25, 0.3) is 0 Å². The second-order valence-corrected chi connectivity index (χ2v) is 2.60. The van der Waals surface area contributed by atoms with Gasteiger partial charge in [-0.1, -0.05) is 13.8 Å². The normalized spacial score (nSPS) is 10.0. The summed E-state index contributed by atoms with van der Waals surface area (Å²) in [5.74, 6) is -1.24. The first-order valence-corrected chi connectivity index (χ1v) is 4.38. The molecule has 12 heavy (non-hydrogen) atoms. The molecule has 0 aliphatic carbocycles. The van der Waals surface area contributed by atoms with Gasteiger partial charge in [-0.05, 0) is 19.8 Å². The third kappa shape index (κ3) is 3.03. The van der Waals surface area contributed by atoms with E-state index in [9.17, 15) is 9.59 Å². The van der Waals surface area contributed by atoms with Gasteiger partial charge < -0.3 is 4.74 Å². The van der Waals surface area contributed by atoms with Crippen molar-refractivity contribution in [3.63, 3.8) is 0 Å². The molecule has 3 heteroatoms. The fourth-order valence-corrected chi connectivity index (χ4v) is 1.03. The largest absolute Gasteiger partial charge is 0.460 e. The number of ketones is 1. The second-order valence-electron chi connectivity index (χ2n) is 2.60. The molecule has 70 valence electrons. The van der Waals surface area contributed by atoms with E-state index < -0.39 is 5.97 Å². The van der Waals surface area contributed by atoms with Crippen molar-refractivity contribution in [2.24, 2.45) is 5.92 Å². The fraction of sp³-hybridized carbons (Fsp3) is 0.778. The van der Waals surface area contributed by atoms with Crippen LogP contribution in [0.15, 0.2) is 0 Å². The molecule has 0 atom stereocenters. The van der Waals surface area contributed by atoms with E-state index in [0.717, 1.165) is 0 Å². The Balaban J connectivity index is 4.07. The number of rotatable bonds is 5. The molecule has 0 spiro atoms. The van der Waals surface area contributed by atoms with E-state index in [1.54, 1.807) is 6.92 Å². The summed E-state index contributed by atoms with van der Waals surface area (Å²) in [5, 5.41) is 0. The number of esters is 1. The highest BCUT2D eigenvalue weighted by atomic mass is 16.5. The molecule has 0 rings (SSSR count). The van der Waals surface area contributed by atoms with Crippen LogP contribution in [0.2, 0.25) is 0 Å². The number of hydrogen-bond acceptors (Lipinski definition) is 3. The van der Waals surface area contributed by atoms with Gasteiger partial charge in [0, 0.05) is 5.92 Å². The Bertz CT molecular complexity index is 159. The monoisotopic (exact) mass is 172 g/mol. The molecule has 0 radical (unpaired) electrons. The fourth-order valence-electron chi connectivity index (χ4n) is 1.03. The molecule has 0 aromatic rings. The van der Waals surface area contributed by atoms with Crippen LogP contribution < -0.4 is 0 Å². The van der Waals surface area contributed by atoms with Crippen LogP contribution >= 0.6 is 0 Å². The van der Waals surface area contributed by atoms with E-state index in [1.165, 1.54) is 0 Å². The van der Waals surface area contributed by atoms with Crippen LogP contribution in [-0.4, -0.2) is 18.4 Å². The molecule has 0 aliphatic heterocycles. The lowest BCUT2D eigenvalue weighted by Crippen LogP contribution is -2.25. The summed E-state index contributed by atoms with van der Waals surface area (Å²) in [6.07, 6.45) is 1.41. The minimum absolute atomic E-state index is 0.163. The first kappa shape index (κ1) is 11.1. The summed E-state index contributed by atoms with van der Waals surface area (Å²) in [7, 11) is 0. The predicted octanol–water partition coefficient (Wildman–Crippen LogP) is 1.55. The Kier molecular flexibility index (Phi) is 5.34. The van der Waals surface area contributed by atoms with Gasteiger partial charge in [0.05, 0.1) is 6.61 Å². The van der Waals surface area contributed by atoms with Gasteiger partial charge in [-0.3, -0.25) is 4.79 Å². The third-order valence-corrected chi connectivity index (χ3v) is 1.83. The molecule has 0 amide bonds. The van der Waals surface area contributed by atoms with E-state index in [-0.39, 0.29) is 18.3 Å². The topological polar surface area (TPSA) is 43.4 Å². The summed E-state index contributed by atoms with van der Waals surface area (Å²) in [4.78, 5) is 22.2. The maximum Gasteiger partial charge on any atom is 0.374 e. The van der Waals surface area contributed by atoms with Crippen LogP contribution in [0.1, 0.15) is 33.6 Å². The van der Waals surface area contributed by atoms with Gasteiger partial charge in [0.2, 0.25) is 5.78 Å². The van der Waals surface area contributed by atoms with Crippen molar-refractivity contribution in [1.29, 1.82) is 0 Å². The third-order valence-electron chi connectivity index (χ3n) is 1.83. The molecule has 0 heterocycles. The Labute approximate surface area is 73.1 Å². The molecule has 0 aliphatic rings. The van der Waals surface area contributed by atoms with Crippen LogP contribution in [0, 0.1) is 5.92 Å². The smallest absolute Gasteiger partial charge is 0.374 e. The zero-order valence-electron chi connectivity index (χ0n) is 7.92. The molecule has 0 saturated heterocycles. The molecule has 0 aromatic heterocycles. The SMILES string of the molecule is CCOC(=O)C(=O)C(CC)CC. The van der Waals surface area contributed by atoms with E-state index in [1.807, 2.05) is 13.8 Å². The predicted molar refractivity (Wildman–Crippen MR) is 45.7 cm³/mol. The summed E-state index contributed by atoms with van der Waals surface area (Å²) in [6, 6.07) is 0. The number of Topliss-reactive ketones (excluding diaryl/α,β-unsaturated/α-hetero) is 1. The Morgan fingerprint density at radius 1 is 1.17 bits per heavy atom. The average Bonchev–Trinajstić information content (AvgIpc) is 2.07. The zero-order chi connectivity index (χ0) is 9.56. The van der Waals surface area contributed by atoms with Gasteiger partial charge in [0.15, 0.2) is 0 Å². The van der Waals surface area contributed by atoms with Crippen LogP contribution in [-0.2, 0) is 14.3 Å². The van der Waals surface area contributed by atoms with Crippen LogP contribution in [0.5, 0.6) is 0 Å². The highest BCUT2D eigenvalue weighted by Crippen LogP contribution is 2.09. The number of hydrogen-bond donors (Lipinski definition) is 0. The number of carbonyl (C=O) groups is 2. The van der Waals surface area contributed by atoms with Gasteiger partial charge in [-0.15, -0.1) is 0 Å². The van der Waals surface area contributed by atoms with Gasteiger partial charge in [-0.2, -0.15) is 0 Å². The molecule has 0 fully saturated rings. The van der Waals surface area contributed by atoms with Crippen molar-refractivity contribution in [1.82, 2.24) is 0 Å².